The maximum absolute atomic E-state index is 14.4. The molecule has 0 spiro atoms. The summed E-state index contributed by atoms with van der Waals surface area (Å²) in [6.07, 6.45) is 0.218. The number of aryl methyl sites for hydroxylation is 2. The van der Waals surface area contributed by atoms with E-state index in [1.54, 1.807) is 24.3 Å². The summed E-state index contributed by atoms with van der Waals surface area (Å²) >= 11 is 0. The smallest absolute Gasteiger partial charge is 0.230 e. The van der Waals surface area contributed by atoms with Crippen LogP contribution < -0.4 is 10.6 Å². The van der Waals surface area contributed by atoms with Gasteiger partial charge in [-0.1, -0.05) is 72.8 Å². The van der Waals surface area contributed by atoms with Crippen molar-refractivity contribution < 1.29 is 18.8 Å². The van der Waals surface area contributed by atoms with Crippen LogP contribution in [0.4, 0.5) is 0 Å². The van der Waals surface area contributed by atoms with Crippen LogP contribution in [-0.2, 0) is 20.6 Å². The molecule has 1 saturated heterocycles. The molecule has 1 aliphatic rings. The minimum Gasteiger partial charge on any atom is -0.374 e. The largest absolute Gasteiger partial charge is 0.374 e. The first-order chi connectivity index (χ1) is 14.5. The van der Waals surface area contributed by atoms with Crippen LogP contribution in [0.2, 0.25) is 0 Å². The average Bonchev–Trinajstić information content (AvgIpc) is 3.58. The van der Waals surface area contributed by atoms with E-state index in [2.05, 4.69) is 0 Å². The summed E-state index contributed by atoms with van der Waals surface area (Å²) in [5.74, 6) is 0. The van der Waals surface area contributed by atoms with Crippen LogP contribution in [0.3, 0.4) is 0 Å². The van der Waals surface area contributed by atoms with Crippen LogP contribution in [-0.4, -0.2) is 24.8 Å². The van der Waals surface area contributed by atoms with E-state index in [0.29, 0.717) is 29.4 Å². The maximum atomic E-state index is 14.4. The molecule has 30 heavy (non-hydrogen) atoms. The molecule has 0 N–H and O–H groups in total. The predicted molar refractivity (Wildman–Crippen MR) is 119 cm³/mol. The van der Waals surface area contributed by atoms with Crippen LogP contribution >= 0.6 is 7.14 Å². The van der Waals surface area contributed by atoms with Gasteiger partial charge < -0.3 is 14.0 Å². The number of carbonyl (C=O) groups excluding carboxylic acids is 1. The zero-order valence-corrected chi connectivity index (χ0v) is 18.1. The summed E-state index contributed by atoms with van der Waals surface area (Å²) in [7, 11) is -3.52. The van der Waals surface area contributed by atoms with Gasteiger partial charge in [-0.3, -0.25) is 4.79 Å². The fourth-order valence-corrected chi connectivity index (χ4v) is 6.38. The van der Waals surface area contributed by atoms with Crippen LogP contribution in [0.25, 0.3) is 0 Å². The molecular formula is C25H25O4P. The molecule has 1 heterocycles. The topological polar surface area (TPSA) is 55.9 Å². The maximum Gasteiger partial charge on any atom is 0.230 e. The Bertz CT molecular complexity index is 1020. The molecule has 1 aliphatic heterocycles. The van der Waals surface area contributed by atoms with Gasteiger partial charge in [-0.15, -0.1) is 0 Å². The van der Waals surface area contributed by atoms with Gasteiger partial charge in [-0.2, -0.15) is 0 Å². The highest BCUT2D eigenvalue weighted by atomic mass is 31.2. The summed E-state index contributed by atoms with van der Waals surface area (Å²) < 4.78 is 25.2. The van der Waals surface area contributed by atoms with Gasteiger partial charge in [0.2, 0.25) is 12.7 Å². The molecule has 4 nitrogen and oxygen atoms in total. The average molecular weight is 420 g/mol. The Labute approximate surface area is 177 Å². The van der Waals surface area contributed by atoms with Crippen molar-refractivity contribution in [1.82, 2.24) is 0 Å². The summed E-state index contributed by atoms with van der Waals surface area (Å²) in [4.78, 5) is 13.8. The number of ether oxygens (including phenoxy) is 2. The molecule has 0 bridgehead atoms. The third-order valence-electron chi connectivity index (χ3n) is 5.31. The molecule has 3 aromatic rings. The lowest BCUT2D eigenvalue weighted by Gasteiger charge is -2.21. The quantitative estimate of drug-likeness (QED) is 0.401. The molecule has 1 fully saturated rings. The summed E-state index contributed by atoms with van der Waals surface area (Å²) in [5, 5.41) is 1.11. The highest BCUT2D eigenvalue weighted by molar-refractivity contribution is 7.93. The number of rotatable bonds is 8. The second kappa shape index (κ2) is 8.69. The fourth-order valence-electron chi connectivity index (χ4n) is 3.76. The van der Waals surface area contributed by atoms with Gasteiger partial charge in [0.25, 0.3) is 0 Å². The first-order valence-electron chi connectivity index (χ1n) is 10.1. The van der Waals surface area contributed by atoms with Gasteiger partial charge >= 0.3 is 0 Å². The van der Waals surface area contributed by atoms with Crippen LogP contribution in [0.5, 0.6) is 0 Å². The van der Waals surface area contributed by atoms with Gasteiger partial charge in [-0.25, -0.2) is 0 Å². The second-order valence-electron chi connectivity index (χ2n) is 7.66. The van der Waals surface area contributed by atoms with Crippen molar-refractivity contribution >= 4 is 23.3 Å². The van der Waals surface area contributed by atoms with Gasteiger partial charge in [0.1, 0.15) is 6.10 Å². The Hall–Kier alpha value is -2.52. The standard InChI is InChI=1S/C25H25O4P/c1-18-13-20(15-28-16-21-17-29-21)14-19(2)24(18)25(26)30(27,22-9-5-3-6-10-22)23-11-7-4-8-12-23/h3-14,21H,15-17H2,1-2H3. The number of hydrogen-bond acceptors (Lipinski definition) is 4. The van der Waals surface area contributed by atoms with E-state index in [4.69, 9.17) is 9.47 Å². The Morgan fingerprint density at radius 1 is 0.967 bits per heavy atom. The molecule has 1 atom stereocenters. The molecule has 0 aromatic heterocycles. The molecule has 0 saturated carbocycles. The Kier molecular flexibility index (Phi) is 6.01. The van der Waals surface area contributed by atoms with Gasteiger partial charge in [0.05, 0.1) is 19.8 Å². The molecule has 0 amide bonds. The van der Waals surface area contributed by atoms with Crippen molar-refractivity contribution in [1.29, 1.82) is 0 Å². The second-order valence-corrected chi connectivity index (χ2v) is 10.3. The third-order valence-corrected chi connectivity index (χ3v) is 8.15. The van der Waals surface area contributed by atoms with Crippen molar-refractivity contribution in [2.75, 3.05) is 13.2 Å². The molecule has 154 valence electrons. The number of benzene rings is 3. The molecule has 4 rings (SSSR count). The monoisotopic (exact) mass is 420 g/mol. The highest BCUT2D eigenvalue weighted by Gasteiger charge is 2.37. The molecule has 0 aliphatic carbocycles. The van der Waals surface area contributed by atoms with E-state index >= 15 is 0 Å². The lowest BCUT2D eigenvalue weighted by atomic mass is 10.0. The van der Waals surface area contributed by atoms with Crippen LogP contribution in [0.15, 0.2) is 72.8 Å². The first kappa shape index (κ1) is 20.7. The molecular weight excluding hydrogens is 395 g/mol. The first-order valence-corrected chi connectivity index (χ1v) is 11.8. The van der Waals surface area contributed by atoms with Gasteiger partial charge in [0.15, 0.2) is 0 Å². The van der Waals surface area contributed by atoms with Crippen LogP contribution in [0.1, 0.15) is 27.0 Å². The Morgan fingerprint density at radius 2 is 1.47 bits per heavy atom. The Morgan fingerprint density at radius 3 is 1.93 bits per heavy atom. The van der Waals surface area contributed by atoms with E-state index < -0.39 is 7.14 Å². The van der Waals surface area contributed by atoms with Crippen LogP contribution in [0, 0.1) is 13.8 Å². The minimum absolute atomic E-state index is 0.218. The minimum atomic E-state index is -3.52. The lowest BCUT2D eigenvalue weighted by molar-refractivity contribution is 0.104. The molecule has 0 radical (unpaired) electrons. The van der Waals surface area contributed by atoms with Crippen molar-refractivity contribution in [2.45, 2.75) is 26.6 Å². The normalized spacial score (nSPS) is 15.7. The SMILES string of the molecule is Cc1cc(COCC2CO2)cc(C)c1C(=O)P(=O)(c1ccccc1)c1ccccc1. The number of epoxide rings is 1. The van der Waals surface area contributed by atoms with E-state index in [1.807, 2.05) is 62.4 Å². The van der Waals surface area contributed by atoms with E-state index in [0.717, 1.165) is 23.3 Å². The van der Waals surface area contributed by atoms with E-state index in [1.165, 1.54) is 0 Å². The molecule has 1 unspecified atom stereocenters. The van der Waals surface area contributed by atoms with Crippen molar-refractivity contribution in [3.8, 4) is 0 Å². The number of hydrogen-bond donors (Lipinski definition) is 0. The summed E-state index contributed by atoms with van der Waals surface area (Å²) in [6.45, 7) is 5.60. The van der Waals surface area contributed by atoms with Crippen molar-refractivity contribution in [3.63, 3.8) is 0 Å². The van der Waals surface area contributed by atoms with E-state index in [9.17, 15) is 9.36 Å². The zero-order chi connectivity index (χ0) is 21.1. The summed E-state index contributed by atoms with van der Waals surface area (Å²) in [5.41, 5.74) is 2.83. The highest BCUT2D eigenvalue weighted by Crippen LogP contribution is 2.47. The predicted octanol–water partition coefficient (Wildman–Crippen LogP) is 4.37. The summed E-state index contributed by atoms with van der Waals surface area (Å²) in [6, 6.07) is 22.0. The lowest BCUT2D eigenvalue weighted by Crippen LogP contribution is -2.23. The molecule has 5 heteroatoms. The van der Waals surface area contributed by atoms with E-state index in [-0.39, 0.29) is 11.6 Å². The van der Waals surface area contributed by atoms with Gasteiger partial charge in [0, 0.05) is 16.2 Å². The number of carbonyl (C=O) groups is 1. The van der Waals surface area contributed by atoms with Crippen molar-refractivity contribution in [2.24, 2.45) is 0 Å². The zero-order valence-electron chi connectivity index (χ0n) is 17.2. The van der Waals surface area contributed by atoms with Gasteiger partial charge in [-0.05, 0) is 30.5 Å². The Balaban J connectivity index is 1.72. The van der Waals surface area contributed by atoms with Crippen molar-refractivity contribution in [3.05, 3.63) is 95.1 Å². The third kappa shape index (κ3) is 4.17. The molecule has 3 aromatic carbocycles. The fraction of sp³-hybridized carbons (Fsp3) is 0.240.